The predicted molar refractivity (Wildman–Crippen MR) is 94.2 cm³/mol. The van der Waals surface area contributed by atoms with Crippen LogP contribution in [0.3, 0.4) is 0 Å². The van der Waals surface area contributed by atoms with Gasteiger partial charge in [0.2, 0.25) is 0 Å². The third-order valence-electron chi connectivity index (χ3n) is 4.24. The molecule has 3 aromatic rings. The molecule has 0 radical (unpaired) electrons. The molecule has 0 aliphatic heterocycles. The van der Waals surface area contributed by atoms with Gasteiger partial charge >= 0.3 is 6.18 Å². The highest BCUT2D eigenvalue weighted by Crippen LogP contribution is 2.33. The van der Waals surface area contributed by atoms with Gasteiger partial charge in [0.15, 0.2) is 5.78 Å². The van der Waals surface area contributed by atoms with E-state index in [0.717, 1.165) is 16.5 Å². The summed E-state index contributed by atoms with van der Waals surface area (Å²) in [5.41, 5.74) is 0.668. The smallest absolute Gasteiger partial charge is 0.361 e. The van der Waals surface area contributed by atoms with Gasteiger partial charge in [-0.3, -0.25) is 9.78 Å². The van der Waals surface area contributed by atoms with Crippen molar-refractivity contribution >= 4 is 28.3 Å². The van der Waals surface area contributed by atoms with Gasteiger partial charge in [0.1, 0.15) is 5.92 Å². The molecule has 0 bridgehead atoms. The Kier molecular flexibility index (Phi) is 5.19. The fourth-order valence-electron chi connectivity index (χ4n) is 2.84. The first kappa shape index (κ1) is 18.9. The second-order valence-electron chi connectivity index (χ2n) is 5.98. The lowest BCUT2D eigenvalue weighted by molar-refractivity contribution is -0.137. The van der Waals surface area contributed by atoms with Gasteiger partial charge in [-0.25, -0.2) is 0 Å². The Balaban J connectivity index is 1.78. The summed E-state index contributed by atoms with van der Waals surface area (Å²) in [6, 6.07) is 10.1. The molecule has 0 fully saturated rings. The van der Waals surface area contributed by atoms with Crippen LogP contribution in [-0.2, 0) is 17.4 Å². The number of aryl methyl sites for hydroxylation is 1. The number of H-pyrrole nitrogens is 1. The lowest BCUT2D eigenvalue weighted by Gasteiger charge is -2.12. The van der Waals surface area contributed by atoms with Gasteiger partial charge in [0.05, 0.1) is 22.3 Å². The molecule has 4 nitrogen and oxygen atoms in total. The number of carbonyl (C=O) groups excluding carboxylic acids is 1. The van der Waals surface area contributed by atoms with Crippen LogP contribution in [0.2, 0.25) is 5.02 Å². The number of ketones is 1. The Morgan fingerprint density at radius 3 is 2.74 bits per heavy atom. The summed E-state index contributed by atoms with van der Waals surface area (Å²) in [7, 11) is 0. The van der Waals surface area contributed by atoms with Crippen molar-refractivity contribution in [1.29, 1.82) is 5.26 Å². The van der Waals surface area contributed by atoms with Gasteiger partial charge < -0.3 is 4.98 Å². The van der Waals surface area contributed by atoms with Gasteiger partial charge in [-0.05, 0) is 24.1 Å². The number of hydrogen-bond acceptors (Lipinski definition) is 3. The molecular formula is C19H13ClF3N3O. The predicted octanol–water partition coefficient (Wildman–Crippen LogP) is 5.04. The van der Waals surface area contributed by atoms with Crippen molar-refractivity contribution in [3.05, 3.63) is 64.6 Å². The van der Waals surface area contributed by atoms with E-state index in [1.807, 2.05) is 24.3 Å². The monoisotopic (exact) mass is 391 g/mol. The largest absolute Gasteiger partial charge is 0.417 e. The zero-order chi connectivity index (χ0) is 19.6. The van der Waals surface area contributed by atoms with E-state index in [1.54, 1.807) is 12.3 Å². The number of nitrogens with one attached hydrogen (secondary N) is 1. The SMILES string of the molecule is N#CC(C(=O)CCc1c[nH]c2ccccc12)c1ncc(C(F)(F)F)cc1Cl. The van der Waals surface area contributed by atoms with Gasteiger partial charge in [-0.2, -0.15) is 18.4 Å². The number of aromatic nitrogens is 2. The number of pyridine rings is 1. The molecule has 1 N–H and O–H groups in total. The van der Waals surface area contributed by atoms with E-state index >= 15 is 0 Å². The molecule has 0 saturated carbocycles. The zero-order valence-corrected chi connectivity index (χ0v) is 14.6. The van der Waals surface area contributed by atoms with Crippen LogP contribution in [-0.4, -0.2) is 15.8 Å². The van der Waals surface area contributed by atoms with Crippen molar-refractivity contribution in [2.45, 2.75) is 24.9 Å². The molecule has 138 valence electrons. The van der Waals surface area contributed by atoms with E-state index in [2.05, 4.69) is 9.97 Å². The first-order valence-electron chi connectivity index (χ1n) is 8.01. The number of para-hydroxylation sites is 1. The van der Waals surface area contributed by atoms with Crippen molar-refractivity contribution in [3.63, 3.8) is 0 Å². The maximum Gasteiger partial charge on any atom is 0.417 e. The summed E-state index contributed by atoms with van der Waals surface area (Å²) in [4.78, 5) is 19.2. The third kappa shape index (κ3) is 3.96. The molecule has 2 aromatic heterocycles. The van der Waals surface area contributed by atoms with Gasteiger partial charge in [0, 0.05) is 29.7 Å². The molecule has 2 heterocycles. The number of halogens is 4. The second kappa shape index (κ2) is 7.41. The zero-order valence-electron chi connectivity index (χ0n) is 13.8. The third-order valence-corrected chi connectivity index (χ3v) is 4.54. The maximum atomic E-state index is 12.7. The minimum absolute atomic E-state index is 0.0408. The van der Waals surface area contributed by atoms with E-state index in [4.69, 9.17) is 11.6 Å². The minimum Gasteiger partial charge on any atom is -0.361 e. The number of carbonyl (C=O) groups is 1. The highest BCUT2D eigenvalue weighted by Gasteiger charge is 2.33. The van der Waals surface area contributed by atoms with Crippen LogP contribution in [0, 0.1) is 11.3 Å². The van der Waals surface area contributed by atoms with E-state index in [1.165, 1.54) is 0 Å². The van der Waals surface area contributed by atoms with Gasteiger partial charge in [-0.15, -0.1) is 0 Å². The fraction of sp³-hybridized carbons (Fsp3) is 0.211. The van der Waals surface area contributed by atoms with Crippen molar-refractivity contribution in [2.75, 3.05) is 0 Å². The molecule has 0 amide bonds. The number of hydrogen-bond donors (Lipinski definition) is 1. The molecular weight excluding hydrogens is 379 g/mol. The molecule has 3 rings (SSSR count). The first-order chi connectivity index (χ1) is 12.8. The Morgan fingerprint density at radius 1 is 1.33 bits per heavy atom. The number of benzene rings is 1. The number of Topliss-reactive ketones (excluding diaryl/α,β-unsaturated/α-hetero) is 1. The van der Waals surface area contributed by atoms with Crippen molar-refractivity contribution in [2.24, 2.45) is 0 Å². The molecule has 27 heavy (non-hydrogen) atoms. The molecule has 1 atom stereocenters. The average Bonchev–Trinajstić information content (AvgIpc) is 3.04. The molecule has 0 aliphatic carbocycles. The standard InChI is InChI=1S/C19H13ClF3N3O/c20-15-7-12(19(21,22)23)10-26-18(15)14(8-24)17(27)6-5-11-9-25-16-4-2-1-3-13(11)16/h1-4,7,9-10,14,25H,5-6H2. The van der Waals surface area contributed by atoms with Crippen molar-refractivity contribution in [3.8, 4) is 6.07 Å². The van der Waals surface area contributed by atoms with Crippen molar-refractivity contribution < 1.29 is 18.0 Å². The van der Waals surface area contributed by atoms with Crippen LogP contribution in [0.15, 0.2) is 42.7 Å². The molecule has 1 aromatic carbocycles. The number of aromatic amines is 1. The summed E-state index contributed by atoms with van der Waals surface area (Å²) in [6.07, 6.45) is -1.80. The van der Waals surface area contributed by atoms with Gasteiger partial charge in [0.25, 0.3) is 0 Å². The van der Waals surface area contributed by atoms with Gasteiger partial charge in [-0.1, -0.05) is 29.8 Å². The summed E-state index contributed by atoms with van der Waals surface area (Å²) in [5.74, 6) is -1.76. The number of nitrogens with zero attached hydrogens (tertiary/aromatic N) is 2. The maximum absolute atomic E-state index is 12.7. The van der Waals surface area contributed by atoms with Crippen LogP contribution >= 0.6 is 11.6 Å². The summed E-state index contributed by atoms with van der Waals surface area (Å²) in [5, 5.41) is 9.96. The van der Waals surface area contributed by atoms with Crippen LogP contribution < -0.4 is 0 Å². The number of rotatable bonds is 5. The molecule has 0 spiro atoms. The quantitative estimate of drug-likeness (QED) is 0.662. The Hall–Kier alpha value is -2.85. The molecule has 0 aliphatic rings. The number of nitriles is 1. The fourth-order valence-corrected chi connectivity index (χ4v) is 3.12. The van der Waals surface area contributed by atoms with E-state index in [9.17, 15) is 23.2 Å². The van der Waals surface area contributed by atoms with Crippen LogP contribution in [0.4, 0.5) is 13.2 Å². The van der Waals surface area contributed by atoms with E-state index in [-0.39, 0.29) is 17.1 Å². The lowest BCUT2D eigenvalue weighted by atomic mass is 9.95. The molecule has 0 saturated heterocycles. The highest BCUT2D eigenvalue weighted by molar-refractivity contribution is 6.31. The topological polar surface area (TPSA) is 69.5 Å². The van der Waals surface area contributed by atoms with E-state index in [0.29, 0.717) is 18.7 Å². The minimum atomic E-state index is -4.60. The van der Waals surface area contributed by atoms with Crippen LogP contribution in [0.1, 0.15) is 29.2 Å². The second-order valence-corrected chi connectivity index (χ2v) is 6.38. The number of fused-ring (bicyclic) bond motifs is 1. The van der Waals surface area contributed by atoms with Crippen LogP contribution in [0.5, 0.6) is 0 Å². The molecule has 1 unspecified atom stereocenters. The number of alkyl halides is 3. The summed E-state index contributed by atoms with van der Waals surface area (Å²) < 4.78 is 38.1. The Morgan fingerprint density at radius 2 is 2.07 bits per heavy atom. The van der Waals surface area contributed by atoms with E-state index < -0.39 is 23.4 Å². The van der Waals surface area contributed by atoms with Crippen molar-refractivity contribution in [1.82, 2.24) is 9.97 Å². The summed E-state index contributed by atoms with van der Waals surface area (Å²) in [6.45, 7) is 0. The Labute approximate surface area is 157 Å². The lowest BCUT2D eigenvalue weighted by Crippen LogP contribution is -2.15. The highest BCUT2D eigenvalue weighted by atomic mass is 35.5. The first-order valence-corrected chi connectivity index (χ1v) is 8.39. The summed E-state index contributed by atoms with van der Waals surface area (Å²) >= 11 is 5.86. The van der Waals surface area contributed by atoms with Crippen LogP contribution in [0.25, 0.3) is 10.9 Å². The Bertz CT molecular complexity index is 1040. The molecule has 8 heteroatoms. The normalized spacial score (nSPS) is 12.7. The average molecular weight is 392 g/mol.